The molecule has 0 spiro atoms. The Labute approximate surface area is 132 Å². The molecule has 0 bridgehead atoms. The maximum absolute atomic E-state index is 9.74. The van der Waals surface area contributed by atoms with E-state index in [1.165, 1.54) is 42.5 Å². The van der Waals surface area contributed by atoms with Crippen LogP contribution in [0, 0.1) is 17.3 Å². The summed E-state index contributed by atoms with van der Waals surface area (Å²) in [5.74, 6) is 2.58. The van der Waals surface area contributed by atoms with Crippen molar-refractivity contribution in [2.24, 2.45) is 22.4 Å². The molecule has 1 aromatic rings. The number of rotatable bonds is 1. The number of hydrogen-bond acceptors (Lipinski definition) is 3. The Morgan fingerprint density at radius 2 is 2.09 bits per heavy atom. The molecule has 3 aliphatic carbocycles. The van der Waals surface area contributed by atoms with E-state index in [9.17, 15) is 5.11 Å². The van der Waals surface area contributed by atoms with Crippen molar-refractivity contribution in [3.8, 4) is 5.75 Å². The molecule has 2 saturated carbocycles. The Kier molecular flexibility index (Phi) is 3.21. The summed E-state index contributed by atoms with van der Waals surface area (Å²) >= 11 is 0. The highest BCUT2D eigenvalue weighted by molar-refractivity contribution is 5.92. The van der Waals surface area contributed by atoms with Gasteiger partial charge < -0.3 is 9.94 Å². The van der Waals surface area contributed by atoms with E-state index in [4.69, 9.17) is 4.84 Å². The number of fused-ring (bicyclic) bond motifs is 5. The van der Waals surface area contributed by atoms with Gasteiger partial charge in [-0.05, 0) is 79.5 Å². The van der Waals surface area contributed by atoms with Crippen molar-refractivity contribution in [2.75, 3.05) is 7.11 Å². The van der Waals surface area contributed by atoms with Crippen molar-refractivity contribution < 1.29 is 9.94 Å². The Morgan fingerprint density at radius 3 is 2.91 bits per heavy atom. The fraction of sp³-hybridized carbons (Fsp3) is 0.632. The van der Waals surface area contributed by atoms with Crippen LogP contribution in [0.15, 0.2) is 23.4 Å². The molecule has 2 fully saturated rings. The monoisotopic (exact) mass is 299 g/mol. The van der Waals surface area contributed by atoms with Crippen LogP contribution in [-0.2, 0) is 11.3 Å². The minimum absolute atomic E-state index is 0.242. The van der Waals surface area contributed by atoms with E-state index in [1.807, 2.05) is 12.1 Å². The van der Waals surface area contributed by atoms with Crippen LogP contribution in [0.5, 0.6) is 5.75 Å². The molecule has 3 heteroatoms. The highest BCUT2D eigenvalue weighted by Gasteiger charge is 2.53. The maximum atomic E-state index is 9.74. The maximum Gasteiger partial charge on any atom is 0.115 e. The van der Waals surface area contributed by atoms with Crippen LogP contribution in [0.4, 0.5) is 0 Å². The number of aromatic hydroxyl groups is 1. The Bertz CT molecular complexity index is 624. The lowest BCUT2D eigenvalue weighted by molar-refractivity contribution is 0.0924. The van der Waals surface area contributed by atoms with Crippen LogP contribution < -0.4 is 0 Å². The Morgan fingerprint density at radius 1 is 1.23 bits per heavy atom. The fourth-order valence-corrected chi connectivity index (χ4v) is 5.62. The van der Waals surface area contributed by atoms with Crippen LogP contribution in [0.25, 0.3) is 0 Å². The van der Waals surface area contributed by atoms with Gasteiger partial charge in [-0.15, -0.1) is 0 Å². The first-order valence-electron chi connectivity index (χ1n) is 8.56. The van der Waals surface area contributed by atoms with Crippen molar-refractivity contribution in [3.05, 3.63) is 29.3 Å². The zero-order chi connectivity index (χ0) is 15.3. The second-order valence-corrected chi connectivity index (χ2v) is 7.51. The molecule has 3 nitrogen and oxygen atoms in total. The van der Waals surface area contributed by atoms with Crippen molar-refractivity contribution in [2.45, 2.75) is 51.4 Å². The molecule has 118 valence electrons. The first-order chi connectivity index (χ1) is 10.6. The molecule has 4 rings (SSSR count). The lowest BCUT2D eigenvalue weighted by atomic mass is 9.55. The molecule has 0 radical (unpaired) electrons. The summed E-state index contributed by atoms with van der Waals surface area (Å²) in [7, 11) is 1.67. The van der Waals surface area contributed by atoms with Gasteiger partial charge in [0.25, 0.3) is 0 Å². The molecule has 0 aromatic heterocycles. The number of phenols is 1. The number of nitrogens with zero attached hydrogens (tertiary/aromatic N) is 1. The molecule has 3 aliphatic rings. The molecular formula is C19H25NO2. The highest BCUT2D eigenvalue weighted by Crippen LogP contribution is 2.59. The van der Waals surface area contributed by atoms with E-state index >= 15 is 0 Å². The van der Waals surface area contributed by atoms with Gasteiger partial charge in [-0.25, -0.2) is 0 Å². The van der Waals surface area contributed by atoms with E-state index < -0.39 is 0 Å². The van der Waals surface area contributed by atoms with E-state index in [0.29, 0.717) is 11.7 Å². The van der Waals surface area contributed by atoms with Gasteiger partial charge in [0.2, 0.25) is 0 Å². The van der Waals surface area contributed by atoms with Crippen LogP contribution in [0.3, 0.4) is 0 Å². The lowest BCUT2D eigenvalue weighted by Crippen LogP contribution is -2.42. The van der Waals surface area contributed by atoms with Crippen LogP contribution in [-0.4, -0.2) is 17.9 Å². The van der Waals surface area contributed by atoms with Gasteiger partial charge in [0.1, 0.15) is 12.9 Å². The Hall–Kier alpha value is -1.51. The van der Waals surface area contributed by atoms with E-state index in [0.717, 1.165) is 24.7 Å². The standard InChI is InChI=1S/C19H25NO2/c1-19-10-9-15-14-6-4-13(21)11-12(14)3-5-16(15)17(19)7-8-18(19)20-22-2/h4,6,11,15-17,21H,3,5,7-10H2,1-2H3/b20-18+/t15?,16?,17?,19-/m0/s1. The second kappa shape index (κ2) is 5.00. The van der Waals surface area contributed by atoms with Gasteiger partial charge in [-0.2, -0.15) is 0 Å². The third-order valence-electron chi connectivity index (χ3n) is 6.65. The lowest BCUT2D eigenvalue weighted by Gasteiger charge is -2.49. The SMILES string of the molecule is CO/N=C1\CCC2C3CCc4cc(O)ccc4C3CC[C@]12C. The van der Waals surface area contributed by atoms with Crippen molar-refractivity contribution >= 4 is 5.71 Å². The Balaban J connectivity index is 1.69. The van der Waals surface area contributed by atoms with E-state index in [1.54, 1.807) is 7.11 Å². The zero-order valence-electron chi connectivity index (χ0n) is 13.5. The second-order valence-electron chi connectivity index (χ2n) is 7.51. The summed E-state index contributed by atoms with van der Waals surface area (Å²) in [6, 6.07) is 6.01. The normalized spacial score (nSPS) is 38.3. The molecule has 0 aliphatic heterocycles. The van der Waals surface area contributed by atoms with Gasteiger partial charge in [0.05, 0.1) is 5.71 Å². The number of hydrogen-bond donors (Lipinski definition) is 1. The van der Waals surface area contributed by atoms with Crippen molar-refractivity contribution in [1.82, 2.24) is 0 Å². The summed E-state index contributed by atoms with van der Waals surface area (Å²) in [4.78, 5) is 5.11. The van der Waals surface area contributed by atoms with Crippen LogP contribution >= 0.6 is 0 Å². The first-order valence-corrected chi connectivity index (χ1v) is 8.56. The molecule has 0 amide bonds. The first kappa shape index (κ1) is 14.1. The average molecular weight is 299 g/mol. The van der Waals surface area contributed by atoms with Crippen LogP contribution in [0.2, 0.25) is 0 Å². The number of aryl methyl sites for hydroxylation is 1. The summed E-state index contributed by atoms with van der Waals surface area (Å²) in [6.45, 7) is 2.41. The molecule has 22 heavy (non-hydrogen) atoms. The summed E-state index contributed by atoms with van der Waals surface area (Å²) in [6.07, 6.45) is 7.16. The van der Waals surface area contributed by atoms with Gasteiger partial charge in [-0.1, -0.05) is 18.1 Å². The predicted octanol–water partition coefficient (Wildman–Crippen LogP) is 4.25. The van der Waals surface area contributed by atoms with Crippen molar-refractivity contribution in [1.29, 1.82) is 0 Å². The third-order valence-corrected chi connectivity index (χ3v) is 6.65. The number of phenolic OH excluding ortho intramolecular Hbond substituents is 1. The van der Waals surface area contributed by atoms with Gasteiger partial charge in [0.15, 0.2) is 0 Å². The largest absolute Gasteiger partial charge is 0.508 e. The number of oxime groups is 1. The quantitative estimate of drug-likeness (QED) is 0.788. The number of benzene rings is 1. The topological polar surface area (TPSA) is 41.8 Å². The third kappa shape index (κ3) is 1.90. The minimum atomic E-state index is 0.242. The summed E-state index contributed by atoms with van der Waals surface area (Å²) < 4.78 is 0. The smallest absolute Gasteiger partial charge is 0.115 e. The molecule has 1 aromatic carbocycles. The van der Waals surface area contributed by atoms with Crippen molar-refractivity contribution in [3.63, 3.8) is 0 Å². The summed E-state index contributed by atoms with van der Waals surface area (Å²) in [5.41, 5.74) is 4.39. The van der Waals surface area contributed by atoms with Gasteiger partial charge >= 0.3 is 0 Å². The van der Waals surface area contributed by atoms with Gasteiger partial charge in [-0.3, -0.25) is 0 Å². The zero-order valence-corrected chi connectivity index (χ0v) is 13.5. The average Bonchev–Trinajstić information content (AvgIpc) is 2.84. The molecule has 1 N–H and O–H groups in total. The van der Waals surface area contributed by atoms with Gasteiger partial charge in [0, 0.05) is 5.41 Å². The molecule has 0 heterocycles. The van der Waals surface area contributed by atoms with E-state index in [-0.39, 0.29) is 5.41 Å². The summed E-state index contributed by atoms with van der Waals surface area (Å²) in [5, 5.41) is 14.1. The highest BCUT2D eigenvalue weighted by atomic mass is 16.6. The molecule has 0 saturated heterocycles. The predicted molar refractivity (Wildman–Crippen MR) is 87.2 cm³/mol. The fourth-order valence-electron chi connectivity index (χ4n) is 5.62. The minimum Gasteiger partial charge on any atom is -0.508 e. The van der Waals surface area contributed by atoms with E-state index in [2.05, 4.69) is 18.1 Å². The molecular weight excluding hydrogens is 274 g/mol. The molecule has 4 atom stereocenters. The van der Waals surface area contributed by atoms with Crippen LogP contribution in [0.1, 0.15) is 56.1 Å². The molecule has 3 unspecified atom stereocenters.